The van der Waals surface area contributed by atoms with Crippen molar-refractivity contribution in [2.75, 3.05) is 32.1 Å². The quantitative estimate of drug-likeness (QED) is 0.270. The first-order valence-corrected chi connectivity index (χ1v) is 14.8. The molecule has 45 heavy (non-hydrogen) atoms. The zero-order valence-corrected chi connectivity index (χ0v) is 25.6. The van der Waals surface area contributed by atoms with Crippen LogP contribution in [-0.2, 0) is 24.6 Å². The maximum atomic E-state index is 14.4. The Morgan fingerprint density at radius 1 is 1.11 bits per heavy atom. The molecule has 3 atom stereocenters. The number of fused-ring (bicyclic) bond motifs is 5. The number of aromatic nitrogens is 1. The Balaban J connectivity index is 1.49. The van der Waals surface area contributed by atoms with Gasteiger partial charge in [0, 0.05) is 55.3 Å². The number of para-hydroxylation sites is 1. The van der Waals surface area contributed by atoms with Crippen LogP contribution in [0.3, 0.4) is 0 Å². The summed E-state index contributed by atoms with van der Waals surface area (Å²) in [5.74, 6) is -0.529. The lowest BCUT2D eigenvalue weighted by Gasteiger charge is -2.35. The number of alkyl halides is 3. The lowest BCUT2D eigenvalue weighted by atomic mass is 9.96. The summed E-state index contributed by atoms with van der Waals surface area (Å²) in [5, 5.41) is 13.6. The van der Waals surface area contributed by atoms with Crippen molar-refractivity contribution >= 4 is 28.5 Å². The van der Waals surface area contributed by atoms with Crippen molar-refractivity contribution < 1.29 is 32.6 Å². The van der Waals surface area contributed by atoms with Crippen LogP contribution < -0.4 is 5.32 Å². The van der Waals surface area contributed by atoms with E-state index >= 15 is 0 Å². The van der Waals surface area contributed by atoms with Gasteiger partial charge in [0.05, 0.1) is 30.9 Å². The van der Waals surface area contributed by atoms with E-state index < -0.39 is 29.9 Å². The summed E-state index contributed by atoms with van der Waals surface area (Å²) in [4.78, 5) is 30.6. The lowest BCUT2D eigenvalue weighted by Crippen LogP contribution is -2.48. The Kier molecular flexibility index (Phi) is 9.22. The molecule has 0 saturated carbocycles. The van der Waals surface area contributed by atoms with E-state index in [9.17, 15) is 27.9 Å². The number of nitrogens with zero attached hydrogens (tertiary/aromatic N) is 3. The van der Waals surface area contributed by atoms with Crippen LogP contribution >= 0.6 is 0 Å². The minimum absolute atomic E-state index is 0.0190. The number of aliphatic hydroxyl groups excluding tert-OH is 1. The third kappa shape index (κ3) is 6.55. The number of hydrogen-bond donors (Lipinski definition) is 2. The number of anilines is 1. The van der Waals surface area contributed by atoms with Crippen LogP contribution in [0.15, 0.2) is 72.8 Å². The highest BCUT2D eigenvalue weighted by atomic mass is 19.4. The molecule has 11 heteroatoms. The highest BCUT2D eigenvalue weighted by Gasteiger charge is 2.34. The standard InChI is InChI=1S/C34H37F3N4O4/c1-21-17-41(22(2)19-42)32(43)31-30(27-14-7-8-15-28(27)40(31)4)26-13-6-5-10-23(26)20-45-29(21)18-39(3)33(44)38-25-12-9-11-24(16-25)34(35,36)37/h5-16,21-22,29,42H,17-20H2,1-4H3,(H,38,44)/t21-,22+,29-/m0/s1. The number of aryl methyl sites for hydroxylation is 1. The van der Waals surface area contributed by atoms with Crippen LogP contribution in [0.5, 0.6) is 0 Å². The first-order chi connectivity index (χ1) is 21.4. The molecule has 0 fully saturated rings. The molecule has 2 heterocycles. The van der Waals surface area contributed by atoms with Crippen molar-refractivity contribution in [2.45, 2.75) is 38.8 Å². The Morgan fingerprint density at radius 3 is 2.56 bits per heavy atom. The van der Waals surface area contributed by atoms with Crippen molar-refractivity contribution in [2.24, 2.45) is 13.0 Å². The molecule has 3 aromatic carbocycles. The van der Waals surface area contributed by atoms with E-state index in [1.807, 2.05) is 67.1 Å². The zero-order chi connectivity index (χ0) is 32.5. The second-order valence-electron chi connectivity index (χ2n) is 11.7. The van der Waals surface area contributed by atoms with E-state index in [0.717, 1.165) is 39.7 Å². The summed E-state index contributed by atoms with van der Waals surface area (Å²) >= 11 is 0. The predicted molar refractivity (Wildman–Crippen MR) is 167 cm³/mol. The number of rotatable bonds is 5. The SMILES string of the molecule is C[C@H](CO)N1C[C@H](C)[C@H](CN(C)C(=O)Nc2cccc(C(F)(F)F)c2)OCc2ccccc2-c2c(n(C)c3ccccc23)C1=O. The number of urea groups is 1. The number of nitrogens with one attached hydrogen (secondary N) is 1. The van der Waals surface area contributed by atoms with Crippen LogP contribution in [0.1, 0.15) is 35.5 Å². The molecule has 0 bridgehead atoms. The lowest BCUT2D eigenvalue weighted by molar-refractivity contribution is -0.137. The molecule has 0 spiro atoms. The molecule has 0 aliphatic carbocycles. The van der Waals surface area contributed by atoms with Gasteiger partial charge >= 0.3 is 12.2 Å². The molecular formula is C34H37F3N4O4. The van der Waals surface area contributed by atoms with Gasteiger partial charge in [0.25, 0.3) is 5.91 Å². The number of hydrogen-bond acceptors (Lipinski definition) is 4. The fraction of sp³-hybridized carbons (Fsp3) is 0.353. The van der Waals surface area contributed by atoms with Gasteiger partial charge in [-0.1, -0.05) is 55.5 Å². The smallest absolute Gasteiger partial charge is 0.394 e. The van der Waals surface area contributed by atoms with Crippen LogP contribution in [0.4, 0.5) is 23.7 Å². The van der Waals surface area contributed by atoms with E-state index in [1.54, 1.807) is 18.9 Å². The first kappa shape index (κ1) is 32.1. The topological polar surface area (TPSA) is 87.0 Å². The van der Waals surface area contributed by atoms with E-state index in [0.29, 0.717) is 5.69 Å². The molecule has 0 radical (unpaired) electrons. The van der Waals surface area contributed by atoms with E-state index in [2.05, 4.69) is 5.32 Å². The number of ether oxygens (including phenoxy) is 1. The van der Waals surface area contributed by atoms with Gasteiger partial charge in [0.2, 0.25) is 0 Å². The van der Waals surface area contributed by atoms with Crippen molar-refractivity contribution in [3.8, 4) is 11.1 Å². The molecule has 1 aliphatic rings. The van der Waals surface area contributed by atoms with Crippen molar-refractivity contribution in [3.05, 3.63) is 89.6 Å². The van der Waals surface area contributed by atoms with Crippen LogP contribution in [0.25, 0.3) is 22.0 Å². The molecular weight excluding hydrogens is 585 g/mol. The second kappa shape index (κ2) is 12.9. The summed E-state index contributed by atoms with van der Waals surface area (Å²) < 4.78 is 48.0. The minimum Gasteiger partial charge on any atom is -0.394 e. The third-order valence-electron chi connectivity index (χ3n) is 8.47. The van der Waals surface area contributed by atoms with Gasteiger partial charge in [-0.3, -0.25) is 4.79 Å². The fourth-order valence-corrected chi connectivity index (χ4v) is 5.87. The molecule has 0 unspecified atom stereocenters. The summed E-state index contributed by atoms with van der Waals surface area (Å²) in [6.07, 6.45) is -5.10. The molecule has 4 aromatic rings. The minimum atomic E-state index is -4.54. The summed E-state index contributed by atoms with van der Waals surface area (Å²) in [7, 11) is 3.41. The molecule has 0 saturated heterocycles. The van der Waals surface area contributed by atoms with Gasteiger partial charge in [-0.15, -0.1) is 0 Å². The number of carbonyl (C=O) groups is 2. The molecule has 3 amide bonds. The Hall–Kier alpha value is -4.35. The monoisotopic (exact) mass is 622 g/mol. The molecule has 1 aromatic heterocycles. The van der Waals surface area contributed by atoms with Gasteiger partial charge < -0.3 is 29.5 Å². The Labute approximate surface area is 260 Å². The number of benzene rings is 3. The number of likely N-dealkylation sites (N-methyl/N-ethyl adjacent to an activating group) is 1. The second-order valence-corrected chi connectivity index (χ2v) is 11.7. The molecule has 2 N–H and O–H groups in total. The Morgan fingerprint density at radius 2 is 1.82 bits per heavy atom. The van der Waals surface area contributed by atoms with Gasteiger partial charge in [-0.05, 0) is 42.3 Å². The van der Waals surface area contributed by atoms with Crippen molar-refractivity contribution in [3.63, 3.8) is 0 Å². The third-order valence-corrected chi connectivity index (χ3v) is 8.47. The Bertz CT molecular complexity index is 1700. The van der Waals surface area contributed by atoms with Gasteiger partial charge in [0.15, 0.2) is 0 Å². The van der Waals surface area contributed by atoms with Crippen LogP contribution in [0.2, 0.25) is 0 Å². The number of aliphatic hydroxyl groups is 1. The maximum absolute atomic E-state index is 14.4. The summed E-state index contributed by atoms with van der Waals surface area (Å²) in [6, 6.07) is 18.9. The largest absolute Gasteiger partial charge is 0.416 e. The highest BCUT2D eigenvalue weighted by Crippen LogP contribution is 2.38. The van der Waals surface area contributed by atoms with E-state index in [1.165, 1.54) is 17.0 Å². The van der Waals surface area contributed by atoms with Gasteiger partial charge in [-0.2, -0.15) is 13.2 Å². The van der Waals surface area contributed by atoms with Crippen molar-refractivity contribution in [1.82, 2.24) is 14.4 Å². The molecule has 8 nitrogen and oxygen atoms in total. The number of carbonyl (C=O) groups excluding carboxylic acids is 2. The fourth-order valence-electron chi connectivity index (χ4n) is 5.87. The summed E-state index contributed by atoms with van der Waals surface area (Å²) in [5.41, 5.74) is 3.06. The molecule has 5 rings (SSSR count). The first-order valence-electron chi connectivity index (χ1n) is 14.8. The molecule has 1 aliphatic heterocycles. The van der Waals surface area contributed by atoms with Crippen molar-refractivity contribution in [1.29, 1.82) is 0 Å². The van der Waals surface area contributed by atoms with Crippen LogP contribution in [-0.4, -0.2) is 70.3 Å². The predicted octanol–water partition coefficient (Wildman–Crippen LogP) is 6.39. The average molecular weight is 623 g/mol. The molecule has 238 valence electrons. The maximum Gasteiger partial charge on any atom is 0.416 e. The number of halogens is 3. The van der Waals surface area contributed by atoms with Crippen LogP contribution in [0, 0.1) is 5.92 Å². The van der Waals surface area contributed by atoms with Gasteiger partial charge in [-0.25, -0.2) is 4.79 Å². The number of amides is 3. The normalized spacial score (nSPS) is 18.1. The van der Waals surface area contributed by atoms with Gasteiger partial charge in [0.1, 0.15) is 5.69 Å². The highest BCUT2D eigenvalue weighted by molar-refractivity contribution is 6.10. The average Bonchev–Trinajstić information content (AvgIpc) is 3.31. The van der Waals surface area contributed by atoms with E-state index in [-0.39, 0.29) is 43.8 Å². The van der Waals surface area contributed by atoms with E-state index in [4.69, 9.17) is 4.74 Å². The zero-order valence-electron chi connectivity index (χ0n) is 25.6. The summed E-state index contributed by atoms with van der Waals surface area (Å²) in [6.45, 7) is 3.97.